The Labute approximate surface area is 102 Å². The van der Waals surface area contributed by atoms with Crippen molar-refractivity contribution in [1.29, 1.82) is 0 Å². The molecule has 94 valence electrons. The smallest absolute Gasteiger partial charge is 0.239 e. The zero-order valence-corrected chi connectivity index (χ0v) is 10.5. The highest BCUT2D eigenvalue weighted by atomic mass is 16.5. The minimum Gasteiger partial charge on any atom is -0.494 e. The van der Waals surface area contributed by atoms with Gasteiger partial charge in [-0.1, -0.05) is 6.92 Å². The summed E-state index contributed by atoms with van der Waals surface area (Å²) in [4.78, 5) is 11.2. The van der Waals surface area contributed by atoms with E-state index in [1.807, 2.05) is 31.2 Å². The molecule has 2 N–H and O–H groups in total. The number of carbonyl (C=O) groups is 1. The molecule has 0 saturated heterocycles. The molecular weight excluding hydrogens is 216 g/mol. The van der Waals surface area contributed by atoms with Gasteiger partial charge >= 0.3 is 0 Å². The van der Waals surface area contributed by atoms with E-state index in [0.29, 0.717) is 13.1 Å². The van der Waals surface area contributed by atoms with Gasteiger partial charge < -0.3 is 15.4 Å². The van der Waals surface area contributed by atoms with Crippen LogP contribution >= 0.6 is 0 Å². The summed E-state index contributed by atoms with van der Waals surface area (Å²) in [5.74, 6) is 0.856. The van der Waals surface area contributed by atoms with Crippen molar-refractivity contribution in [2.24, 2.45) is 0 Å². The molecule has 0 aliphatic rings. The summed E-state index contributed by atoms with van der Waals surface area (Å²) in [5.41, 5.74) is 0.917. The van der Waals surface area contributed by atoms with Crippen molar-refractivity contribution < 1.29 is 9.53 Å². The van der Waals surface area contributed by atoms with Gasteiger partial charge in [-0.05, 0) is 37.6 Å². The minimum atomic E-state index is -0.00110. The molecule has 0 heterocycles. The third kappa shape index (κ3) is 5.24. The Morgan fingerprint density at radius 3 is 2.53 bits per heavy atom. The molecule has 4 nitrogen and oxygen atoms in total. The zero-order valence-electron chi connectivity index (χ0n) is 10.5. The molecule has 0 aliphatic heterocycles. The molecule has 1 rings (SSSR count). The molecule has 1 aromatic carbocycles. The Hall–Kier alpha value is -1.71. The van der Waals surface area contributed by atoms with Crippen molar-refractivity contribution >= 4 is 11.6 Å². The molecule has 0 aliphatic carbocycles. The summed E-state index contributed by atoms with van der Waals surface area (Å²) in [5, 5.41) is 5.77. The molecule has 0 unspecified atom stereocenters. The molecule has 1 amide bonds. The molecule has 0 fully saturated rings. The number of likely N-dealkylation sites (N-methyl/N-ethyl adjacent to an activating group) is 1. The largest absolute Gasteiger partial charge is 0.494 e. The highest BCUT2D eigenvalue weighted by molar-refractivity contribution is 5.80. The monoisotopic (exact) mass is 236 g/mol. The molecule has 17 heavy (non-hydrogen) atoms. The molecule has 0 aromatic heterocycles. The first-order valence-corrected chi connectivity index (χ1v) is 5.99. The molecule has 0 atom stereocenters. The van der Waals surface area contributed by atoms with Gasteiger partial charge in [-0.25, -0.2) is 0 Å². The Bertz CT molecular complexity index is 336. The van der Waals surface area contributed by atoms with Gasteiger partial charge in [0.15, 0.2) is 0 Å². The number of nitrogens with one attached hydrogen (secondary N) is 2. The maximum atomic E-state index is 11.2. The molecule has 0 radical (unpaired) electrons. The Balaban J connectivity index is 2.37. The summed E-state index contributed by atoms with van der Waals surface area (Å²) >= 11 is 0. The topological polar surface area (TPSA) is 50.4 Å². The SMILES string of the molecule is CCCOc1ccc(NCC(=O)NCC)cc1. The first kappa shape index (κ1) is 13.4. The first-order valence-electron chi connectivity index (χ1n) is 5.99. The number of amides is 1. The Morgan fingerprint density at radius 2 is 1.94 bits per heavy atom. The average Bonchev–Trinajstić information content (AvgIpc) is 2.35. The quantitative estimate of drug-likeness (QED) is 0.761. The molecule has 1 aromatic rings. The number of benzene rings is 1. The van der Waals surface area contributed by atoms with E-state index in [4.69, 9.17) is 4.74 Å². The van der Waals surface area contributed by atoms with Crippen LogP contribution in [0.3, 0.4) is 0 Å². The Kier molecular flexibility index (Phi) is 5.93. The van der Waals surface area contributed by atoms with Gasteiger partial charge in [-0.2, -0.15) is 0 Å². The van der Waals surface area contributed by atoms with E-state index in [2.05, 4.69) is 17.6 Å². The van der Waals surface area contributed by atoms with Crippen LogP contribution in [0.2, 0.25) is 0 Å². The maximum Gasteiger partial charge on any atom is 0.239 e. The Morgan fingerprint density at radius 1 is 1.24 bits per heavy atom. The fourth-order valence-corrected chi connectivity index (χ4v) is 1.33. The van der Waals surface area contributed by atoms with Crippen molar-refractivity contribution in [3.8, 4) is 5.75 Å². The van der Waals surface area contributed by atoms with Crippen LogP contribution in [0.15, 0.2) is 24.3 Å². The van der Waals surface area contributed by atoms with Crippen molar-refractivity contribution in [2.75, 3.05) is 25.0 Å². The van der Waals surface area contributed by atoms with Crippen molar-refractivity contribution in [2.45, 2.75) is 20.3 Å². The lowest BCUT2D eigenvalue weighted by Gasteiger charge is -2.08. The predicted molar refractivity (Wildman–Crippen MR) is 69.4 cm³/mol. The van der Waals surface area contributed by atoms with Gasteiger partial charge in [0, 0.05) is 12.2 Å². The second kappa shape index (κ2) is 7.54. The lowest BCUT2D eigenvalue weighted by Crippen LogP contribution is -2.29. The van der Waals surface area contributed by atoms with Crippen LogP contribution in [-0.2, 0) is 4.79 Å². The number of hydrogen-bond acceptors (Lipinski definition) is 3. The van der Waals surface area contributed by atoms with Gasteiger partial charge in [-0.3, -0.25) is 4.79 Å². The normalized spacial score (nSPS) is 9.76. The highest BCUT2D eigenvalue weighted by Crippen LogP contribution is 2.15. The van der Waals surface area contributed by atoms with Gasteiger partial charge in [-0.15, -0.1) is 0 Å². The summed E-state index contributed by atoms with van der Waals surface area (Å²) < 4.78 is 5.47. The van der Waals surface area contributed by atoms with Crippen LogP contribution < -0.4 is 15.4 Å². The maximum absolute atomic E-state index is 11.2. The summed E-state index contributed by atoms with van der Waals surface area (Å²) in [6.45, 7) is 5.65. The molecule has 0 saturated carbocycles. The highest BCUT2D eigenvalue weighted by Gasteiger charge is 1.99. The number of ether oxygens (including phenoxy) is 1. The summed E-state index contributed by atoms with van der Waals surface area (Å²) in [7, 11) is 0. The fraction of sp³-hybridized carbons (Fsp3) is 0.462. The molecular formula is C13H20N2O2. The van der Waals surface area contributed by atoms with Crippen LogP contribution in [0, 0.1) is 0 Å². The van der Waals surface area contributed by atoms with E-state index in [0.717, 1.165) is 24.5 Å². The van der Waals surface area contributed by atoms with Gasteiger partial charge in [0.25, 0.3) is 0 Å². The minimum absolute atomic E-state index is 0.00110. The van der Waals surface area contributed by atoms with Gasteiger partial charge in [0.1, 0.15) is 5.75 Å². The van der Waals surface area contributed by atoms with E-state index >= 15 is 0 Å². The van der Waals surface area contributed by atoms with Gasteiger partial charge in [0.2, 0.25) is 5.91 Å². The molecule has 0 bridgehead atoms. The van der Waals surface area contributed by atoms with Crippen LogP contribution in [-0.4, -0.2) is 25.6 Å². The second-order valence-corrected chi connectivity index (χ2v) is 3.68. The number of anilines is 1. The number of rotatable bonds is 7. The van der Waals surface area contributed by atoms with Crippen LogP contribution in [0.5, 0.6) is 5.75 Å². The fourth-order valence-electron chi connectivity index (χ4n) is 1.33. The van der Waals surface area contributed by atoms with E-state index in [-0.39, 0.29) is 5.91 Å². The van der Waals surface area contributed by atoms with E-state index in [1.54, 1.807) is 0 Å². The van der Waals surface area contributed by atoms with E-state index in [9.17, 15) is 4.79 Å². The van der Waals surface area contributed by atoms with Crippen molar-refractivity contribution in [1.82, 2.24) is 5.32 Å². The summed E-state index contributed by atoms with van der Waals surface area (Å²) in [6, 6.07) is 7.61. The average molecular weight is 236 g/mol. The molecule has 4 heteroatoms. The first-order chi connectivity index (χ1) is 8.26. The third-order valence-corrected chi connectivity index (χ3v) is 2.15. The third-order valence-electron chi connectivity index (χ3n) is 2.15. The zero-order chi connectivity index (χ0) is 12.5. The van der Waals surface area contributed by atoms with Gasteiger partial charge in [0.05, 0.1) is 13.2 Å². The lowest BCUT2D eigenvalue weighted by molar-refractivity contribution is -0.119. The van der Waals surface area contributed by atoms with Crippen LogP contribution in [0.4, 0.5) is 5.69 Å². The predicted octanol–water partition coefficient (Wildman–Crippen LogP) is 2.02. The van der Waals surface area contributed by atoms with E-state index < -0.39 is 0 Å². The van der Waals surface area contributed by atoms with Crippen molar-refractivity contribution in [3.63, 3.8) is 0 Å². The summed E-state index contributed by atoms with van der Waals surface area (Å²) in [6.07, 6.45) is 0.997. The van der Waals surface area contributed by atoms with Crippen LogP contribution in [0.25, 0.3) is 0 Å². The second-order valence-electron chi connectivity index (χ2n) is 3.68. The molecule has 0 spiro atoms. The van der Waals surface area contributed by atoms with Crippen LogP contribution in [0.1, 0.15) is 20.3 Å². The van der Waals surface area contributed by atoms with E-state index in [1.165, 1.54) is 0 Å². The lowest BCUT2D eigenvalue weighted by atomic mass is 10.3. The standard InChI is InChI=1S/C13H20N2O2/c1-3-9-17-12-7-5-11(6-8-12)15-10-13(16)14-4-2/h5-8,15H,3-4,9-10H2,1-2H3,(H,14,16). The number of hydrogen-bond donors (Lipinski definition) is 2. The number of carbonyl (C=O) groups excluding carboxylic acids is 1. The van der Waals surface area contributed by atoms with Crippen molar-refractivity contribution in [3.05, 3.63) is 24.3 Å².